The number of para-hydroxylation sites is 1. The lowest BCUT2D eigenvalue weighted by molar-refractivity contribution is 0.280. The van der Waals surface area contributed by atoms with Crippen molar-refractivity contribution >= 4 is 0 Å². The molecule has 3 aromatic carbocycles. The summed E-state index contributed by atoms with van der Waals surface area (Å²) in [6, 6.07) is 26.7. The van der Waals surface area contributed by atoms with Crippen molar-refractivity contribution in [3.63, 3.8) is 0 Å². The summed E-state index contributed by atoms with van der Waals surface area (Å²) in [4.78, 5) is 0. The van der Waals surface area contributed by atoms with E-state index in [0.717, 1.165) is 42.1 Å². The highest BCUT2D eigenvalue weighted by Crippen LogP contribution is 2.31. The minimum atomic E-state index is 0.526. The average Bonchev–Trinajstić information content (AvgIpc) is 2.71. The van der Waals surface area contributed by atoms with Crippen molar-refractivity contribution in [3.05, 3.63) is 95.6 Å². The largest absolute Gasteiger partial charge is 0.493 e. The van der Waals surface area contributed by atoms with Gasteiger partial charge in [0.2, 0.25) is 0 Å². The molecule has 0 aromatic heterocycles. The number of hydrogen-bond acceptors (Lipinski definition) is 3. The van der Waals surface area contributed by atoms with E-state index in [9.17, 15) is 0 Å². The van der Waals surface area contributed by atoms with Crippen LogP contribution in [0.25, 0.3) is 0 Å². The molecule has 0 radical (unpaired) electrons. The van der Waals surface area contributed by atoms with Crippen molar-refractivity contribution in [3.8, 4) is 11.5 Å². The summed E-state index contributed by atoms with van der Waals surface area (Å²) in [5, 5.41) is 3.50. The Hall–Kier alpha value is -2.78. The fourth-order valence-electron chi connectivity index (χ4n) is 2.86. The zero-order valence-corrected chi connectivity index (χ0v) is 15.2. The summed E-state index contributed by atoms with van der Waals surface area (Å²) in [7, 11) is 1.68. The van der Waals surface area contributed by atoms with Crippen LogP contribution in [0.2, 0.25) is 0 Å². The van der Waals surface area contributed by atoms with E-state index >= 15 is 0 Å². The SMILES string of the molecule is COc1cccc(CNCCc2ccccc2)c1OCc1ccccc1. The topological polar surface area (TPSA) is 30.5 Å². The van der Waals surface area contributed by atoms with Crippen molar-refractivity contribution in [2.75, 3.05) is 13.7 Å². The number of methoxy groups -OCH3 is 1. The molecule has 0 spiro atoms. The van der Waals surface area contributed by atoms with Crippen LogP contribution in [0, 0.1) is 0 Å². The quantitative estimate of drug-likeness (QED) is 0.574. The van der Waals surface area contributed by atoms with Crippen LogP contribution in [0.5, 0.6) is 11.5 Å². The lowest BCUT2D eigenvalue weighted by atomic mass is 10.1. The van der Waals surface area contributed by atoms with Crippen molar-refractivity contribution in [2.24, 2.45) is 0 Å². The molecule has 0 fully saturated rings. The molecule has 3 nitrogen and oxygen atoms in total. The van der Waals surface area contributed by atoms with Crippen molar-refractivity contribution in [2.45, 2.75) is 19.6 Å². The second-order valence-electron chi connectivity index (χ2n) is 6.14. The first-order valence-corrected chi connectivity index (χ1v) is 8.94. The van der Waals surface area contributed by atoms with Gasteiger partial charge in [-0.15, -0.1) is 0 Å². The molecule has 0 amide bonds. The van der Waals surface area contributed by atoms with Gasteiger partial charge in [-0.2, -0.15) is 0 Å². The molecule has 0 atom stereocenters. The van der Waals surface area contributed by atoms with E-state index in [-0.39, 0.29) is 0 Å². The van der Waals surface area contributed by atoms with Gasteiger partial charge in [0.05, 0.1) is 7.11 Å². The Balaban J connectivity index is 1.60. The van der Waals surface area contributed by atoms with Gasteiger partial charge in [-0.1, -0.05) is 72.8 Å². The molecule has 0 unspecified atom stereocenters. The summed E-state index contributed by atoms with van der Waals surface area (Å²) in [6.07, 6.45) is 1.00. The monoisotopic (exact) mass is 347 g/mol. The minimum absolute atomic E-state index is 0.526. The maximum atomic E-state index is 6.10. The maximum absolute atomic E-state index is 6.10. The molecule has 134 valence electrons. The molecule has 3 aromatic rings. The fraction of sp³-hybridized carbons (Fsp3) is 0.217. The van der Waals surface area contributed by atoms with Crippen LogP contribution in [0.4, 0.5) is 0 Å². The van der Waals surface area contributed by atoms with Crippen LogP contribution in [0.1, 0.15) is 16.7 Å². The molecule has 3 heteroatoms. The molecule has 0 saturated heterocycles. The van der Waals surface area contributed by atoms with Crippen LogP contribution in [-0.2, 0) is 19.6 Å². The molecule has 3 rings (SSSR count). The molecule has 1 N–H and O–H groups in total. The summed E-state index contributed by atoms with van der Waals surface area (Å²) >= 11 is 0. The van der Waals surface area contributed by atoms with Crippen LogP contribution < -0.4 is 14.8 Å². The van der Waals surface area contributed by atoms with Gasteiger partial charge in [0.25, 0.3) is 0 Å². The lowest BCUT2D eigenvalue weighted by Crippen LogP contribution is -2.17. The molecule has 0 aliphatic heterocycles. The van der Waals surface area contributed by atoms with Gasteiger partial charge in [0.15, 0.2) is 11.5 Å². The van der Waals surface area contributed by atoms with E-state index in [1.807, 2.05) is 36.4 Å². The first-order chi connectivity index (χ1) is 12.9. The average molecular weight is 347 g/mol. The van der Waals surface area contributed by atoms with Gasteiger partial charge in [-0.3, -0.25) is 0 Å². The second kappa shape index (κ2) is 9.64. The second-order valence-corrected chi connectivity index (χ2v) is 6.14. The molecule has 0 bridgehead atoms. The molecule has 26 heavy (non-hydrogen) atoms. The van der Waals surface area contributed by atoms with Gasteiger partial charge < -0.3 is 14.8 Å². The maximum Gasteiger partial charge on any atom is 0.166 e. The van der Waals surface area contributed by atoms with Crippen LogP contribution in [0.15, 0.2) is 78.9 Å². The number of rotatable bonds is 9. The van der Waals surface area contributed by atoms with Gasteiger partial charge in [-0.25, -0.2) is 0 Å². The number of hydrogen-bond donors (Lipinski definition) is 1. The smallest absolute Gasteiger partial charge is 0.166 e. The molecule has 0 aliphatic rings. The van der Waals surface area contributed by atoms with Crippen LogP contribution in [-0.4, -0.2) is 13.7 Å². The number of ether oxygens (including phenoxy) is 2. The minimum Gasteiger partial charge on any atom is -0.493 e. The van der Waals surface area contributed by atoms with E-state index in [1.54, 1.807) is 7.11 Å². The van der Waals surface area contributed by atoms with Crippen molar-refractivity contribution in [1.29, 1.82) is 0 Å². The van der Waals surface area contributed by atoms with E-state index in [1.165, 1.54) is 5.56 Å². The highest BCUT2D eigenvalue weighted by Gasteiger charge is 2.10. The Labute approximate surface area is 155 Å². The van der Waals surface area contributed by atoms with E-state index in [4.69, 9.17) is 9.47 Å². The number of benzene rings is 3. The number of nitrogens with one attached hydrogen (secondary N) is 1. The van der Waals surface area contributed by atoms with Gasteiger partial charge in [0, 0.05) is 12.1 Å². The highest BCUT2D eigenvalue weighted by molar-refractivity contribution is 5.46. The molecular formula is C23H25NO2. The van der Waals surface area contributed by atoms with Crippen LogP contribution >= 0.6 is 0 Å². The Morgan fingerprint density at radius 3 is 2.15 bits per heavy atom. The Bertz CT molecular complexity index is 788. The zero-order valence-electron chi connectivity index (χ0n) is 15.2. The van der Waals surface area contributed by atoms with Crippen LogP contribution in [0.3, 0.4) is 0 Å². The van der Waals surface area contributed by atoms with E-state index < -0.39 is 0 Å². The molecule has 0 saturated carbocycles. The Kier molecular flexibility index (Phi) is 6.68. The molecular weight excluding hydrogens is 322 g/mol. The summed E-state index contributed by atoms with van der Waals surface area (Å²) in [5.74, 6) is 1.58. The molecule has 0 heterocycles. The lowest BCUT2D eigenvalue weighted by Gasteiger charge is -2.16. The summed E-state index contributed by atoms with van der Waals surface area (Å²) < 4.78 is 11.6. The highest BCUT2D eigenvalue weighted by atomic mass is 16.5. The first kappa shape index (κ1) is 18.0. The van der Waals surface area contributed by atoms with Gasteiger partial charge in [-0.05, 0) is 30.2 Å². The predicted octanol–water partition coefficient (Wildman–Crippen LogP) is 4.61. The Morgan fingerprint density at radius 1 is 0.769 bits per heavy atom. The predicted molar refractivity (Wildman–Crippen MR) is 106 cm³/mol. The van der Waals surface area contributed by atoms with E-state index in [0.29, 0.717) is 6.61 Å². The first-order valence-electron chi connectivity index (χ1n) is 8.94. The summed E-state index contributed by atoms with van der Waals surface area (Å²) in [6.45, 7) is 2.19. The van der Waals surface area contributed by atoms with Gasteiger partial charge in [0.1, 0.15) is 6.61 Å². The standard InChI is InChI=1S/C23H25NO2/c1-25-22-14-8-13-21(17-24-16-15-19-9-4-2-5-10-19)23(22)26-18-20-11-6-3-7-12-20/h2-14,24H,15-18H2,1H3. The molecule has 0 aliphatic carbocycles. The third-order valence-electron chi connectivity index (χ3n) is 4.26. The fourth-order valence-corrected chi connectivity index (χ4v) is 2.86. The van der Waals surface area contributed by atoms with Gasteiger partial charge >= 0.3 is 0 Å². The Morgan fingerprint density at radius 2 is 1.46 bits per heavy atom. The third-order valence-corrected chi connectivity index (χ3v) is 4.26. The van der Waals surface area contributed by atoms with Crippen molar-refractivity contribution < 1.29 is 9.47 Å². The zero-order chi connectivity index (χ0) is 18.0. The van der Waals surface area contributed by atoms with E-state index in [2.05, 4.69) is 47.8 Å². The normalized spacial score (nSPS) is 10.5. The summed E-state index contributed by atoms with van der Waals surface area (Å²) in [5.41, 5.74) is 3.58. The van der Waals surface area contributed by atoms with Crippen molar-refractivity contribution in [1.82, 2.24) is 5.32 Å². The third kappa shape index (κ3) is 5.11.